The minimum absolute atomic E-state index is 0. The van der Waals surface area contributed by atoms with Gasteiger partial charge in [0.15, 0.2) is 5.78 Å². The Hall–Kier alpha value is -2.08. The van der Waals surface area contributed by atoms with Crippen LogP contribution in [0.5, 0.6) is 11.5 Å². The molecule has 154 valence electrons. The van der Waals surface area contributed by atoms with Crippen molar-refractivity contribution in [2.45, 2.75) is 32.3 Å². The first-order chi connectivity index (χ1) is 13.1. The van der Waals surface area contributed by atoms with Crippen LogP contribution in [0.25, 0.3) is 0 Å². The second kappa shape index (κ2) is 13.2. The first kappa shape index (κ1) is 24.0. The van der Waals surface area contributed by atoms with Crippen LogP contribution in [0.15, 0.2) is 48.5 Å². The van der Waals surface area contributed by atoms with Crippen LogP contribution >= 0.6 is 12.4 Å². The second-order valence-corrected chi connectivity index (χ2v) is 6.47. The van der Waals surface area contributed by atoms with Gasteiger partial charge in [0.05, 0.1) is 7.11 Å². The maximum Gasteiger partial charge on any atom is 0.163 e. The fourth-order valence-corrected chi connectivity index (χ4v) is 2.67. The van der Waals surface area contributed by atoms with Gasteiger partial charge in [-0.2, -0.15) is 0 Å². The van der Waals surface area contributed by atoms with Crippen LogP contribution in [0, 0.1) is 0 Å². The molecule has 2 N–H and O–H groups in total. The van der Waals surface area contributed by atoms with Gasteiger partial charge in [0.2, 0.25) is 0 Å². The number of methoxy groups -OCH3 is 1. The number of hydrogen-bond donors (Lipinski definition) is 2. The number of nitrogens with one attached hydrogen (secondary N) is 1. The van der Waals surface area contributed by atoms with Gasteiger partial charge in [0.1, 0.15) is 24.2 Å². The number of carbonyl (C=O) groups is 1. The number of carbonyl (C=O) groups excluding carboxylic acids is 1. The summed E-state index contributed by atoms with van der Waals surface area (Å²) in [5.41, 5.74) is 1.72. The number of hydrogen-bond acceptors (Lipinski definition) is 5. The Morgan fingerprint density at radius 1 is 1.14 bits per heavy atom. The van der Waals surface area contributed by atoms with Crippen LogP contribution in [-0.2, 0) is 6.42 Å². The fourth-order valence-electron chi connectivity index (χ4n) is 2.67. The molecule has 0 amide bonds. The smallest absolute Gasteiger partial charge is 0.163 e. The number of aliphatic hydroxyl groups excluding tert-OH is 1. The van der Waals surface area contributed by atoms with E-state index in [0.29, 0.717) is 30.7 Å². The van der Waals surface area contributed by atoms with E-state index in [4.69, 9.17) is 9.47 Å². The van der Waals surface area contributed by atoms with E-state index in [1.54, 1.807) is 31.4 Å². The average Bonchev–Trinajstić information content (AvgIpc) is 2.71. The molecule has 0 saturated heterocycles. The quantitative estimate of drug-likeness (QED) is 0.415. The standard InChI is InChI=1S/C22H29NO4.ClH/c1-3-13-23-15-19(24)16-27-21-6-4-5-17(14-21)7-12-22(25)18-8-10-20(26-2)11-9-18;/h4-6,8-11,14,19,23-24H,3,7,12-13,15-16H2,1-2H3;1H. The Balaban J connectivity index is 0.00000392. The lowest BCUT2D eigenvalue weighted by Crippen LogP contribution is -2.31. The van der Waals surface area contributed by atoms with Crippen molar-refractivity contribution in [2.75, 3.05) is 26.8 Å². The van der Waals surface area contributed by atoms with Crippen LogP contribution < -0.4 is 14.8 Å². The first-order valence-corrected chi connectivity index (χ1v) is 9.40. The molecular formula is C22H30ClNO4. The monoisotopic (exact) mass is 407 g/mol. The molecule has 0 bridgehead atoms. The van der Waals surface area contributed by atoms with E-state index in [0.717, 1.165) is 24.3 Å². The van der Waals surface area contributed by atoms with Crippen molar-refractivity contribution in [3.05, 3.63) is 59.7 Å². The van der Waals surface area contributed by atoms with Crippen LogP contribution in [0.2, 0.25) is 0 Å². The van der Waals surface area contributed by atoms with E-state index in [1.165, 1.54) is 0 Å². The fraction of sp³-hybridized carbons (Fsp3) is 0.409. The van der Waals surface area contributed by atoms with Gasteiger partial charge in [-0.25, -0.2) is 0 Å². The zero-order chi connectivity index (χ0) is 19.5. The number of benzene rings is 2. The number of halogens is 1. The molecule has 1 atom stereocenters. The Bertz CT molecular complexity index is 706. The Morgan fingerprint density at radius 3 is 2.57 bits per heavy atom. The molecule has 0 heterocycles. The summed E-state index contributed by atoms with van der Waals surface area (Å²) < 4.78 is 10.8. The highest BCUT2D eigenvalue weighted by molar-refractivity contribution is 5.96. The molecule has 0 fully saturated rings. The lowest BCUT2D eigenvalue weighted by atomic mass is 10.0. The molecule has 1 unspecified atom stereocenters. The molecule has 28 heavy (non-hydrogen) atoms. The van der Waals surface area contributed by atoms with Crippen molar-refractivity contribution in [1.82, 2.24) is 5.32 Å². The number of aliphatic hydroxyl groups is 1. The highest BCUT2D eigenvalue weighted by atomic mass is 35.5. The molecule has 0 aliphatic heterocycles. The summed E-state index contributed by atoms with van der Waals surface area (Å²) >= 11 is 0. The van der Waals surface area contributed by atoms with E-state index in [1.807, 2.05) is 24.3 Å². The van der Waals surface area contributed by atoms with Gasteiger partial charge in [-0.05, 0) is 61.3 Å². The zero-order valence-electron chi connectivity index (χ0n) is 16.5. The Kier molecular flexibility index (Phi) is 11.3. The van der Waals surface area contributed by atoms with Gasteiger partial charge < -0.3 is 19.9 Å². The molecule has 0 aliphatic carbocycles. The minimum Gasteiger partial charge on any atom is -0.497 e. The van der Waals surface area contributed by atoms with Gasteiger partial charge in [-0.3, -0.25) is 4.79 Å². The average molecular weight is 408 g/mol. The summed E-state index contributed by atoms with van der Waals surface area (Å²) in [5.74, 6) is 1.55. The van der Waals surface area contributed by atoms with Gasteiger partial charge in [-0.15, -0.1) is 12.4 Å². The van der Waals surface area contributed by atoms with Gasteiger partial charge >= 0.3 is 0 Å². The third kappa shape index (κ3) is 8.30. The summed E-state index contributed by atoms with van der Waals surface area (Å²) in [4.78, 5) is 12.3. The second-order valence-electron chi connectivity index (χ2n) is 6.47. The molecular weight excluding hydrogens is 378 g/mol. The topological polar surface area (TPSA) is 67.8 Å². The van der Waals surface area contributed by atoms with Crippen molar-refractivity contribution >= 4 is 18.2 Å². The predicted octanol–water partition coefficient (Wildman–Crippen LogP) is 3.67. The summed E-state index contributed by atoms with van der Waals surface area (Å²) in [6.07, 6.45) is 1.56. The Labute approximate surface area is 173 Å². The van der Waals surface area contributed by atoms with Crippen molar-refractivity contribution in [2.24, 2.45) is 0 Å². The third-order valence-corrected chi connectivity index (χ3v) is 4.20. The molecule has 2 aromatic carbocycles. The summed E-state index contributed by atoms with van der Waals surface area (Å²) in [6, 6.07) is 14.8. The molecule has 5 nitrogen and oxygen atoms in total. The van der Waals surface area contributed by atoms with E-state index in [2.05, 4.69) is 12.2 Å². The van der Waals surface area contributed by atoms with E-state index < -0.39 is 6.10 Å². The molecule has 2 aromatic rings. The van der Waals surface area contributed by atoms with Gasteiger partial charge in [0.25, 0.3) is 0 Å². The highest BCUT2D eigenvalue weighted by Gasteiger charge is 2.08. The molecule has 0 aliphatic rings. The van der Waals surface area contributed by atoms with Gasteiger partial charge in [0, 0.05) is 18.5 Å². The number of ether oxygens (including phenoxy) is 2. The SMILES string of the molecule is CCCNCC(O)COc1cccc(CCC(=O)c2ccc(OC)cc2)c1.Cl. The molecule has 6 heteroatoms. The van der Waals surface area contributed by atoms with Crippen molar-refractivity contribution < 1.29 is 19.4 Å². The van der Waals surface area contributed by atoms with E-state index >= 15 is 0 Å². The molecule has 0 radical (unpaired) electrons. The van der Waals surface area contributed by atoms with Crippen molar-refractivity contribution in [1.29, 1.82) is 0 Å². The maximum absolute atomic E-state index is 12.3. The van der Waals surface area contributed by atoms with Crippen LogP contribution in [0.4, 0.5) is 0 Å². The lowest BCUT2D eigenvalue weighted by molar-refractivity contribution is 0.0982. The van der Waals surface area contributed by atoms with E-state index in [9.17, 15) is 9.90 Å². The summed E-state index contributed by atoms with van der Waals surface area (Å²) in [7, 11) is 1.60. The van der Waals surface area contributed by atoms with Crippen LogP contribution in [-0.4, -0.2) is 43.8 Å². The highest BCUT2D eigenvalue weighted by Crippen LogP contribution is 2.17. The predicted molar refractivity (Wildman–Crippen MR) is 114 cm³/mol. The molecule has 0 spiro atoms. The molecule has 0 aromatic heterocycles. The van der Waals surface area contributed by atoms with Crippen molar-refractivity contribution in [3.8, 4) is 11.5 Å². The number of rotatable bonds is 12. The van der Waals surface area contributed by atoms with Gasteiger partial charge in [-0.1, -0.05) is 19.1 Å². The zero-order valence-corrected chi connectivity index (χ0v) is 17.3. The largest absolute Gasteiger partial charge is 0.497 e. The van der Waals surface area contributed by atoms with E-state index in [-0.39, 0.29) is 24.8 Å². The minimum atomic E-state index is -0.545. The lowest BCUT2D eigenvalue weighted by Gasteiger charge is -2.13. The number of Topliss-reactive ketones (excluding diaryl/α,β-unsaturated/α-hetero) is 1. The number of ketones is 1. The summed E-state index contributed by atoms with van der Waals surface area (Å²) in [5, 5.41) is 13.1. The van der Waals surface area contributed by atoms with Crippen LogP contribution in [0.3, 0.4) is 0 Å². The number of aryl methyl sites for hydroxylation is 1. The van der Waals surface area contributed by atoms with Crippen molar-refractivity contribution in [3.63, 3.8) is 0 Å². The third-order valence-electron chi connectivity index (χ3n) is 4.20. The first-order valence-electron chi connectivity index (χ1n) is 9.40. The van der Waals surface area contributed by atoms with Crippen LogP contribution in [0.1, 0.15) is 35.7 Å². The Morgan fingerprint density at radius 2 is 1.89 bits per heavy atom. The molecule has 0 saturated carbocycles. The molecule has 2 rings (SSSR count). The normalized spacial score (nSPS) is 11.4. The maximum atomic E-state index is 12.3. The summed E-state index contributed by atoms with van der Waals surface area (Å²) in [6.45, 7) is 3.73.